The molecule has 0 bridgehead atoms. The molecule has 0 radical (unpaired) electrons. The highest BCUT2D eigenvalue weighted by atomic mass is 16.4. The minimum atomic E-state index is -0.776. The van der Waals surface area contributed by atoms with E-state index >= 15 is 0 Å². The fourth-order valence-electron chi connectivity index (χ4n) is 3.06. The number of hydrogen-bond donors (Lipinski definition) is 1. The molecule has 1 aromatic heterocycles. The van der Waals surface area contributed by atoms with Crippen molar-refractivity contribution in [1.82, 2.24) is 9.47 Å². The maximum absolute atomic E-state index is 11.0. The van der Waals surface area contributed by atoms with Gasteiger partial charge in [-0.1, -0.05) is 0 Å². The van der Waals surface area contributed by atoms with Crippen LogP contribution in [0.5, 0.6) is 0 Å². The van der Waals surface area contributed by atoms with Gasteiger partial charge in [0.25, 0.3) is 0 Å². The van der Waals surface area contributed by atoms with E-state index in [1.165, 1.54) is 11.1 Å². The lowest BCUT2D eigenvalue weighted by molar-refractivity contribution is -0.136. The molecule has 0 atom stereocenters. The van der Waals surface area contributed by atoms with E-state index in [1.54, 1.807) is 0 Å². The topological polar surface area (TPSA) is 45.5 Å². The van der Waals surface area contributed by atoms with Crippen molar-refractivity contribution in [3.05, 3.63) is 35.0 Å². The quantitative estimate of drug-likeness (QED) is 0.934. The predicted molar refractivity (Wildman–Crippen MR) is 78.6 cm³/mol. The van der Waals surface area contributed by atoms with Gasteiger partial charge in [0.2, 0.25) is 0 Å². The minimum absolute atomic E-state index is 0.0873. The van der Waals surface area contributed by atoms with Gasteiger partial charge in [0.1, 0.15) is 0 Å². The second-order valence-electron chi connectivity index (χ2n) is 5.97. The molecule has 0 aliphatic carbocycles. The second-order valence-corrected chi connectivity index (χ2v) is 5.97. The van der Waals surface area contributed by atoms with Crippen LogP contribution in [0, 0.1) is 0 Å². The molecule has 1 aromatic carbocycles. The van der Waals surface area contributed by atoms with Crippen LogP contribution in [0.4, 0.5) is 0 Å². The number of benzene rings is 1. The Balaban J connectivity index is 2.08. The first-order valence-electron chi connectivity index (χ1n) is 7.01. The Bertz CT molecular complexity index is 685. The summed E-state index contributed by atoms with van der Waals surface area (Å²) in [5.41, 5.74) is 4.74. The molecule has 2 aromatic rings. The standard InChI is InChI=1S/C16H20N2O2/c1-10(2)18-8-11-4-14-13(6-16(19)20)7-17(3)15(14)5-12(11)9-18/h4-5,7,10H,6,8-9H2,1-3H3,(H,19,20). The smallest absolute Gasteiger partial charge is 0.307 e. The van der Waals surface area contributed by atoms with E-state index in [1.807, 2.05) is 17.8 Å². The molecule has 1 N–H and O–H groups in total. The number of aromatic nitrogens is 1. The fourth-order valence-corrected chi connectivity index (χ4v) is 3.06. The number of carboxylic acids is 1. The van der Waals surface area contributed by atoms with E-state index in [4.69, 9.17) is 5.11 Å². The van der Waals surface area contributed by atoms with Crippen LogP contribution < -0.4 is 0 Å². The van der Waals surface area contributed by atoms with Crippen LogP contribution >= 0.6 is 0 Å². The number of rotatable bonds is 3. The van der Waals surface area contributed by atoms with Crippen molar-refractivity contribution in [1.29, 1.82) is 0 Å². The molecular weight excluding hydrogens is 252 g/mol. The molecule has 0 amide bonds. The Kier molecular flexibility index (Phi) is 3.05. The lowest BCUT2D eigenvalue weighted by atomic mass is 10.0. The van der Waals surface area contributed by atoms with E-state index in [2.05, 4.69) is 30.9 Å². The molecule has 4 heteroatoms. The highest BCUT2D eigenvalue weighted by Crippen LogP contribution is 2.31. The van der Waals surface area contributed by atoms with Crippen LogP contribution in [0.15, 0.2) is 18.3 Å². The van der Waals surface area contributed by atoms with Crippen molar-refractivity contribution in [3.8, 4) is 0 Å². The fraction of sp³-hybridized carbons (Fsp3) is 0.438. The third-order valence-corrected chi connectivity index (χ3v) is 4.21. The molecule has 20 heavy (non-hydrogen) atoms. The summed E-state index contributed by atoms with van der Waals surface area (Å²) in [6.45, 7) is 6.37. The van der Waals surface area contributed by atoms with E-state index in [0.717, 1.165) is 29.6 Å². The lowest BCUT2D eigenvalue weighted by Gasteiger charge is -2.18. The zero-order valence-corrected chi connectivity index (χ0v) is 12.2. The van der Waals surface area contributed by atoms with E-state index in [0.29, 0.717) is 6.04 Å². The van der Waals surface area contributed by atoms with Crippen LogP contribution in [-0.4, -0.2) is 26.6 Å². The van der Waals surface area contributed by atoms with Gasteiger partial charge in [-0.2, -0.15) is 0 Å². The van der Waals surface area contributed by atoms with Crippen LogP contribution in [0.3, 0.4) is 0 Å². The Morgan fingerprint density at radius 2 is 1.95 bits per heavy atom. The monoisotopic (exact) mass is 272 g/mol. The van der Waals surface area contributed by atoms with E-state index < -0.39 is 5.97 Å². The molecule has 106 valence electrons. The van der Waals surface area contributed by atoms with Crippen molar-refractivity contribution in [2.75, 3.05) is 0 Å². The number of fused-ring (bicyclic) bond motifs is 2. The summed E-state index contributed by atoms with van der Waals surface area (Å²) in [7, 11) is 1.98. The van der Waals surface area contributed by atoms with Gasteiger partial charge in [-0.05, 0) is 42.7 Å². The molecule has 0 fully saturated rings. The molecule has 3 rings (SSSR count). The van der Waals surface area contributed by atoms with Crippen molar-refractivity contribution < 1.29 is 9.90 Å². The van der Waals surface area contributed by atoms with Crippen LogP contribution in [0.1, 0.15) is 30.5 Å². The molecule has 0 unspecified atom stereocenters. The number of carboxylic acid groups (broad SMARTS) is 1. The molecule has 0 spiro atoms. The van der Waals surface area contributed by atoms with Crippen LogP contribution in [0.2, 0.25) is 0 Å². The Labute approximate surface area is 118 Å². The molecule has 4 nitrogen and oxygen atoms in total. The maximum atomic E-state index is 11.0. The third kappa shape index (κ3) is 2.10. The number of nitrogens with zero attached hydrogens (tertiary/aromatic N) is 2. The Morgan fingerprint density at radius 1 is 1.30 bits per heavy atom. The van der Waals surface area contributed by atoms with E-state index in [-0.39, 0.29) is 6.42 Å². The summed E-state index contributed by atoms with van der Waals surface area (Å²) in [5, 5.41) is 10.1. The number of hydrogen-bond acceptors (Lipinski definition) is 2. The van der Waals surface area contributed by atoms with Gasteiger partial charge in [-0.3, -0.25) is 9.69 Å². The largest absolute Gasteiger partial charge is 0.481 e. The van der Waals surface area contributed by atoms with Crippen LogP contribution in [0.25, 0.3) is 10.9 Å². The van der Waals surface area contributed by atoms with Gasteiger partial charge in [-0.15, -0.1) is 0 Å². The highest BCUT2D eigenvalue weighted by Gasteiger charge is 2.23. The van der Waals surface area contributed by atoms with Gasteiger partial charge in [0, 0.05) is 43.3 Å². The molecule has 0 saturated heterocycles. The number of aliphatic carboxylic acids is 1. The summed E-state index contributed by atoms with van der Waals surface area (Å²) in [4.78, 5) is 13.4. The summed E-state index contributed by atoms with van der Waals surface area (Å²) in [6, 6.07) is 4.94. The molecule has 1 aliphatic heterocycles. The average Bonchev–Trinajstić information content (AvgIpc) is 2.89. The van der Waals surface area contributed by atoms with Gasteiger partial charge >= 0.3 is 5.97 Å². The molecule has 0 saturated carbocycles. The van der Waals surface area contributed by atoms with Crippen molar-refractivity contribution in [2.45, 2.75) is 39.4 Å². The Morgan fingerprint density at radius 3 is 2.55 bits per heavy atom. The van der Waals surface area contributed by atoms with Crippen LogP contribution in [-0.2, 0) is 31.4 Å². The van der Waals surface area contributed by atoms with Gasteiger partial charge in [-0.25, -0.2) is 0 Å². The second kappa shape index (κ2) is 4.63. The summed E-state index contributed by atoms with van der Waals surface area (Å²) < 4.78 is 2.03. The molecule has 2 heterocycles. The zero-order chi connectivity index (χ0) is 14.4. The van der Waals surface area contributed by atoms with Gasteiger partial charge in [0.05, 0.1) is 6.42 Å². The molecule has 1 aliphatic rings. The summed E-state index contributed by atoms with van der Waals surface area (Å²) in [6.07, 6.45) is 2.03. The van der Waals surface area contributed by atoms with E-state index in [9.17, 15) is 4.79 Å². The highest BCUT2D eigenvalue weighted by molar-refractivity contribution is 5.89. The third-order valence-electron chi connectivity index (χ3n) is 4.21. The van der Waals surface area contributed by atoms with Gasteiger partial charge < -0.3 is 9.67 Å². The lowest BCUT2D eigenvalue weighted by Crippen LogP contribution is -2.24. The maximum Gasteiger partial charge on any atom is 0.307 e. The number of carbonyl (C=O) groups is 1. The molecular formula is C16H20N2O2. The first kappa shape index (κ1) is 13.2. The SMILES string of the molecule is CC(C)N1Cc2cc3c(CC(=O)O)cn(C)c3cc2C1. The number of aryl methyl sites for hydroxylation is 1. The minimum Gasteiger partial charge on any atom is -0.481 e. The first-order valence-corrected chi connectivity index (χ1v) is 7.01. The van der Waals surface area contributed by atoms with Gasteiger partial charge in [0.15, 0.2) is 0 Å². The predicted octanol–water partition coefficient (Wildman–Crippen LogP) is 2.53. The van der Waals surface area contributed by atoms with Crippen molar-refractivity contribution in [3.63, 3.8) is 0 Å². The summed E-state index contributed by atoms with van der Waals surface area (Å²) >= 11 is 0. The normalized spacial score (nSPS) is 15.2. The summed E-state index contributed by atoms with van der Waals surface area (Å²) in [5.74, 6) is -0.776. The van der Waals surface area contributed by atoms with Crippen molar-refractivity contribution in [2.24, 2.45) is 7.05 Å². The Hall–Kier alpha value is -1.81. The first-order chi connectivity index (χ1) is 9.45. The average molecular weight is 272 g/mol. The zero-order valence-electron chi connectivity index (χ0n) is 12.2. The van der Waals surface area contributed by atoms with Crippen molar-refractivity contribution >= 4 is 16.9 Å².